The van der Waals surface area contributed by atoms with Gasteiger partial charge in [-0.15, -0.1) is 11.3 Å². The van der Waals surface area contributed by atoms with Crippen LogP contribution in [0.25, 0.3) is 5.69 Å². The molecule has 1 N–H and O–H groups in total. The van der Waals surface area contributed by atoms with Crippen molar-refractivity contribution in [1.82, 2.24) is 19.7 Å². The number of thiazole rings is 1. The minimum Gasteiger partial charge on any atom is -0.386 e. The van der Waals surface area contributed by atoms with E-state index in [0.29, 0.717) is 5.02 Å². The van der Waals surface area contributed by atoms with Gasteiger partial charge in [-0.3, -0.25) is 4.90 Å². The van der Waals surface area contributed by atoms with E-state index in [1.54, 1.807) is 18.3 Å². The molecule has 0 bridgehead atoms. The Bertz CT molecular complexity index is 978. The number of nitrogens with zero attached hydrogens (tertiary/aromatic N) is 4. The maximum atomic E-state index is 9.75. The molecule has 1 aliphatic rings. The number of aromatic nitrogens is 3. The zero-order valence-electron chi connectivity index (χ0n) is 16.4. The number of aliphatic hydroxyl groups is 1. The first-order valence-electron chi connectivity index (χ1n) is 9.48. The summed E-state index contributed by atoms with van der Waals surface area (Å²) in [5, 5.41) is 15.9. The molecule has 1 aliphatic heterocycles. The van der Waals surface area contributed by atoms with Crippen LogP contribution in [0.15, 0.2) is 36.7 Å². The van der Waals surface area contributed by atoms with E-state index in [-0.39, 0.29) is 5.41 Å². The van der Waals surface area contributed by atoms with E-state index < -0.39 is 6.10 Å². The summed E-state index contributed by atoms with van der Waals surface area (Å²) in [5.41, 5.74) is 3.50. The highest BCUT2D eigenvalue weighted by atomic mass is 35.5. The van der Waals surface area contributed by atoms with Crippen molar-refractivity contribution in [1.29, 1.82) is 0 Å². The van der Waals surface area contributed by atoms with Crippen LogP contribution in [0.3, 0.4) is 0 Å². The van der Waals surface area contributed by atoms with Crippen LogP contribution in [0.2, 0.25) is 5.02 Å². The molecule has 28 heavy (non-hydrogen) atoms. The maximum absolute atomic E-state index is 9.75. The van der Waals surface area contributed by atoms with Crippen molar-refractivity contribution in [2.75, 3.05) is 6.54 Å². The number of para-hydroxylation sites is 1. The van der Waals surface area contributed by atoms with Gasteiger partial charge in [-0.05, 0) is 30.9 Å². The van der Waals surface area contributed by atoms with Gasteiger partial charge in [0, 0.05) is 42.0 Å². The molecule has 0 saturated heterocycles. The predicted molar refractivity (Wildman–Crippen MR) is 113 cm³/mol. The van der Waals surface area contributed by atoms with Gasteiger partial charge in [0.05, 0.1) is 16.9 Å². The Hall–Kier alpha value is -1.73. The Morgan fingerprint density at radius 1 is 1.29 bits per heavy atom. The molecular weight excluding hydrogens is 392 g/mol. The summed E-state index contributed by atoms with van der Waals surface area (Å²) in [7, 11) is 0. The zero-order chi connectivity index (χ0) is 19.9. The molecule has 3 aromatic rings. The van der Waals surface area contributed by atoms with E-state index in [0.717, 1.165) is 36.8 Å². The number of hydrogen-bond donors (Lipinski definition) is 1. The molecule has 1 unspecified atom stereocenters. The molecule has 1 atom stereocenters. The fraction of sp³-hybridized carbons (Fsp3) is 0.429. The van der Waals surface area contributed by atoms with Gasteiger partial charge >= 0.3 is 0 Å². The van der Waals surface area contributed by atoms with Crippen LogP contribution in [-0.2, 0) is 19.5 Å². The SMILES string of the molecule is CC(O)c1ncc(CN2Cc3cnn(-c4ccccc4Cl)c3CC(C)(C)C2)s1. The van der Waals surface area contributed by atoms with Crippen LogP contribution < -0.4 is 0 Å². The highest BCUT2D eigenvalue weighted by Crippen LogP contribution is 2.34. The predicted octanol–water partition coefficient (Wildman–Crippen LogP) is 4.62. The van der Waals surface area contributed by atoms with Crippen molar-refractivity contribution in [2.45, 2.75) is 46.4 Å². The lowest BCUT2D eigenvalue weighted by molar-refractivity contribution is 0.174. The first-order chi connectivity index (χ1) is 13.3. The molecule has 0 amide bonds. The van der Waals surface area contributed by atoms with Crippen molar-refractivity contribution < 1.29 is 5.11 Å². The maximum Gasteiger partial charge on any atom is 0.121 e. The number of fused-ring (bicyclic) bond motifs is 1. The first kappa shape index (κ1) is 19.6. The van der Waals surface area contributed by atoms with E-state index in [4.69, 9.17) is 11.6 Å². The average molecular weight is 417 g/mol. The molecule has 7 heteroatoms. The smallest absolute Gasteiger partial charge is 0.121 e. The fourth-order valence-corrected chi connectivity index (χ4v) is 5.00. The Balaban J connectivity index is 1.64. The van der Waals surface area contributed by atoms with Gasteiger partial charge in [-0.2, -0.15) is 5.10 Å². The highest BCUT2D eigenvalue weighted by Gasteiger charge is 2.31. The van der Waals surface area contributed by atoms with E-state index in [2.05, 4.69) is 28.8 Å². The monoisotopic (exact) mass is 416 g/mol. The molecule has 0 fully saturated rings. The van der Waals surface area contributed by atoms with Crippen molar-refractivity contribution in [3.05, 3.63) is 62.8 Å². The molecular formula is C21H25ClN4OS. The van der Waals surface area contributed by atoms with E-state index >= 15 is 0 Å². The summed E-state index contributed by atoms with van der Waals surface area (Å²) in [6, 6.07) is 7.85. The molecule has 1 aromatic carbocycles. The standard InChI is InChI=1S/C21H25ClN4OS/c1-14(27)20-23-10-16(28-20)12-25-11-15-9-24-26(18-7-5-4-6-17(18)22)19(15)8-21(2,3)13-25/h4-7,9-10,14,27H,8,11-13H2,1-3H3. The lowest BCUT2D eigenvalue weighted by Crippen LogP contribution is -2.32. The zero-order valence-corrected chi connectivity index (χ0v) is 18.0. The van der Waals surface area contributed by atoms with Crippen LogP contribution >= 0.6 is 22.9 Å². The average Bonchev–Trinajstić information content (AvgIpc) is 3.20. The summed E-state index contributed by atoms with van der Waals surface area (Å²) < 4.78 is 2.00. The van der Waals surface area contributed by atoms with Gasteiger partial charge in [-0.1, -0.05) is 37.6 Å². The Morgan fingerprint density at radius 2 is 2.07 bits per heavy atom. The molecule has 0 aliphatic carbocycles. The normalized spacial score (nSPS) is 17.9. The van der Waals surface area contributed by atoms with Crippen molar-refractivity contribution in [2.24, 2.45) is 5.41 Å². The van der Waals surface area contributed by atoms with Crippen LogP contribution in [0.5, 0.6) is 0 Å². The lowest BCUT2D eigenvalue weighted by Gasteiger charge is -2.29. The third-order valence-corrected chi connectivity index (χ3v) is 6.51. The van der Waals surface area contributed by atoms with Gasteiger partial charge in [0.15, 0.2) is 0 Å². The first-order valence-corrected chi connectivity index (χ1v) is 10.7. The second-order valence-electron chi connectivity index (χ2n) is 8.31. The molecule has 5 nitrogen and oxygen atoms in total. The van der Waals surface area contributed by atoms with E-state index in [1.165, 1.54) is 16.1 Å². The topological polar surface area (TPSA) is 54.2 Å². The molecule has 4 rings (SSSR count). The van der Waals surface area contributed by atoms with Gasteiger partial charge < -0.3 is 5.11 Å². The molecule has 0 saturated carbocycles. The third-order valence-electron chi connectivity index (χ3n) is 5.04. The summed E-state index contributed by atoms with van der Waals surface area (Å²) in [4.78, 5) is 7.97. The highest BCUT2D eigenvalue weighted by molar-refractivity contribution is 7.11. The van der Waals surface area contributed by atoms with Crippen LogP contribution in [-0.4, -0.2) is 31.3 Å². The van der Waals surface area contributed by atoms with Gasteiger partial charge in [0.2, 0.25) is 0 Å². The van der Waals surface area contributed by atoms with Crippen LogP contribution in [0.4, 0.5) is 0 Å². The summed E-state index contributed by atoms with van der Waals surface area (Å²) in [6.07, 6.45) is 4.28. The molecule has 2 aromatic heterocycles. The lowest BCUT2D eigenvalue weighted by atomic mass is 9.87. The number of benzene rings is 1. The Kier molecular flexibility index (Phi) is 5.31. The fourth-order valence-electron chi connectivity index (χ4n) is 3.89. The third kappa shape index (κ3) is 4.01. The molecule has 3 heterocycles. The van der Waals surface area contributed by atoms with Crippen LogP contribution in [0, 0.1) is 5.41 Å². The number of hydrogen-bond acceptors (Lipinski definition) is 5. The van der Waals surface area contributed by atoms with Crippen LogP contribution in [0.1, 0.15) is 48.0 Å². The van der Waals surface area contributed by atoms with Crippen molar-refractivity contribution in [3.8, 4) is 5.69 Å². The summed E-state index contributed by atoms with van der Waals surface area (Å²) >= 11 is 8.02. The van der Waals surface area contributed by atoms with Gasteiger partial charge in [-0.25, -0.2) is 9.67 Å². The van der Waals surface area contributed by atoms with E-state index in [9.17, 15) is 5.11 Å². The minimum absolute atomic E-state index is 0.0993. The van der Waals surface area contributed by atoms with Gasteiger partial charge in [0.1, 0.15) is 11.1 Å². The van der Waals surface area contributed by atoms with Crippen molar-refractivity contribution in [3.63, 3.8) is 0 Å². The van der Waals surface area contributed by atoms with Gasteiger partial charge in [0.25, 0.3) is 0 Å². The summed E-state index contributed by atoms with van der Waals surface area (Å²) in [6.45, 7) is 8.99. The van der Waals surface area contributed by atoms with E-state index in [1.807, 2.05) is 41.3 Å². The molecule has 148 valence electrons. The quantitative estimate of drug-likeness (QED) is 0.674. The number of rotatable bonds is 4. The Morgan fingerprint density at radius 3 is 2.79 bits per heavy atom. The second-order valence-corrected chi connectivity index (χ2v) is 9.86. The molecule has 0 radical (unpaired) electrons. The molecule has 0 spiro atoms. The Labute approximate surface area is 174 Å². The number of aliphatic hydroxyl groups excluding tert-OH is 1. The number of halogens is 1. The largest absolute Gasteiger partial charge is 0.386 e. The second kappa shape index (κ2) is 7.59. The minimum atomic E-state index is -0.514. The van der Waals surface area contributed by atoms with Crippen molar-refractivity contribution >= 4 is 22.9 Å². The summed E-state index contributed by atoms with van der Waals surface area (Å²) in [5.74, 6) is 0.